The number of rotatable bonds is 6. The highest BCUT2D eigenvalue weighted by Crippen LogP contribution is 1.99. The lowest BCUT2D eigenvalue weighted by Gasteiger charge is -2.23. The molecule has 5 nitrogen and oxygen atoms in total. The monoisotopic (exact) mass is 257 g/mol. The van der Waals surface area contributed by atoms with Gasteiger partial charge in [0.2, 0.25) is 11.8 Å². The second kappa shape index (κ2) is 7.36. The molecule has 0 saturated heterocycles. The Bertz CT molecular complexity index is 282. The van der Waals surface area contributed by atoms with Crippen LogP contribution in [0.4, 0.5) is 0 Å². The maximum Gasteiger partial charge on any atom is 0.237 e. The van der Waals surface area contributed by atoms with E-state index in [1.54, 1.807) is 19.0 Å². The van der Waals surface area contributed by atoms with Gasteiger partial charge >= 0.3 is 0 Å². The highest BCUT2D eigenvalue weighted by atomic mass is 16.2. The van der Waals surface area contributed by atoms with E-state index in [9.17, 15) is 9.59 Å². The molecular weight excluding hydrogens is 230 g/mol. The van der Waals surface area contributed by atoms with E-state index in [0.717, 1.165) is 6.42 Å². The van der Waals surface area contributed by atoms with Crippen LogP contribution >= 0.6 is 0 Å². The van der Waals surface area contributed by atoms with Gasteiger partial charge in [-0.3, -0.25) is 9.59 Å². The van der Waals surface area contributed by atoms with Gasteiger partial charge in [0, 0.05) is 26.1 Å². The molecule has 0 aromatic carbocycles. The Hall–Kier alpha value is -1.10. The molecule has 0 radical (unpaired) electrons. The summed E-state index contributed by atoms with van der Waals surface area (Å²) in [6.07, 6.45) is 1.25. The summed E-state index contributed by atoms with van der Waals surface area (Å²) in [6, 6.07) is -0.237. The molecule has 0 aliphatic carbocycles. The Labute approximate surface area is 110 Å². The Morgan fingerprint density at radius 3 is 2.22 bits per heavy atom. The lowest BCUT2D eigenvalue weighted by atomic mass is 10.1. The van der Waals surface area contributed by atoms with Crippen molar-refractivity contribution in [3.05, 3.63) is 0 Å². The van der Waals surface area contributed by atoms with Gasteiger partial charge in [0.1, 0.15) is 0 Å². The minimum absolute atomic E-state index is 0.0126. The Morgan fingerprint density at radius 1 is 1.22 bits per heavy atom. The van der Waals surface area contributed by atoms with Crippen LogP contribution in [0.3, 0.4) is 0 Å². The van der Waals surface area contributed by atoms with Gasteiger partial charge in [0.15, 0.2) is 0 Å². The molecule has 0 saturated carbocycles. The van der Waals surface area contributed by atoms with Crippen molar-refractivity contribution in [1.29, 1.82) is 0 Å². The second-order valence-corrected chi connectivity index (χ2v) is 5.81. The lowest BCUT2D eigenvalue weighted by molar-refractivity contribution is -0.128. The molecule has 2 amide bonds. The number of carbonyl (C=O) groups is 2. The lowest BCUT2D eigenvalue weighted by Crippen LogP contribution is -2.49. The van der Waals surface area contributed by atoms with E-state index in [2.05, 4.69) is 10.6 Å². The molecule has 0 bridgehead atoms. The van der Waals surface area contributed by atoms with Crippen molar-refractivity contribution in [1.82, 2.24) is 15.5 Å². The zero-order valence-electron chi connectivity index (χ0n) is 12.5. The third-order valence-electron chi connectivity index (χ3n) is 2.41. The Balaban J connectivity index is 3.81. The first kappa shape index (κ1) is 16.9. The fourth-order valence-corrected chi connectivity index (χ4v) is 1.35. The second-order valence-electron chi connectivity index (χ2n) is 5.81. The van der Waals surface area contributed by atoms with Gasteiger partial charge in [-0.1, -0.05) is 0 Å². The smallest absolute Gasteiger partial charge is 0.237 e. The van der Waals surface area contributed by atoms with Crippen molar-refractivity contribution in [2.45, 2.75) is 52.1 Å². The number of nitrogens with one attached hydrogen (secondary N) is 2. The summed E-state index contributed by atoms with van der Waals surface area (Å²) in [5.74, 6) is 0.102. The first-order chi connectivity index (χ1) is 8.13. The van der Waals surface area contributed by atoms with E-state index in [-0.39, 0.29) is 23.4 Å². The minimum atomic E-state index is -0.237. The van der Waals surface area contributed by atoms with E-state index in [4.69, 9.17) is 0 Å². The molecule has 1 atom stereocenters. The molecule has 2 N–H and O–H groups in total. The molecule has 0 aromatic rings. The topological polar surface area (TPSA) is 61.4 Å². The molecule has 18 heavy (non-hydrogen) atoms. The van der Waals surface area contributed by atoms with E-state index in [1.165, 1.54) is 0 Å². The van der Waals surface area contributed by atoms with Crippen LogP contribution in [0.2, 0.25) is 0 Å². The van der Waals surface area contributed by atoms with E-state index in [0.29, 0.717) is 13.0 Å². The van der Waals surface area contributed by atoms with Crippen LogP contribution in [0.15, 0.2) is 0 Å². The molecule has 106 valence electrons. The average molecular weight is 257 g/mol. The number of hydrogen-bond donors (Lipinski definition) is 2. The molecule has 0 aliphatic rings. The summed E-state index contributed by atoms with van der Waals surface area (Å²) < 4.78 is 0. The van der Waals surface area contributed by atoms with Gasteiger partial charge in [0.05, 0.1) is 6.04 Å². The summed E-state index contributed by atoms with van der Waals surface area (Å²) in [5, 5.41) is 6.03. The molecule has 0 heterocycles. The van der Waals surface area contributed by atoms with Crippen LogP contribution in [-0.2, 0) is 9.59 Å². The number of hydrogen-bond acceptors (Lipinski definition) is 3. The minimum Gasteiger partial charge on any atom is -0.350 e. The summed E-state index contributed by atoms with van der Waals surface area (Å²) in [5.41, 5.74) is -0.214. The van der Waals surface area contributed by atoms with Crippen molar-refractivity contribution in [2.75, 3.05) is 20.6 Å². The third kappa shape index (κ3) is 8.06. The van der Waals surface area contributed by atoms with Crippen LogP contribution in [0, 0.1) is 0 Å². The van der Waals surface area contributed by atoms with Crippen molar-refractivity contribution >= 4 is 11.8 Å². The molecule has 0 aliphatic heterocycles. The molecule has 0 fully saturated rings. The SMILES string of the molecule is CC(NCCCC(=O)N(C)C)C(=O)NC(C)(C)C. The van der Waals surface area contributed by atoms with E-state index < -0.39 is 0 Å². The zero-order chi connectivity index (χ0) is 14.3. The summed E-state index contributed by atoms with van der Waals surface area (Å²) >= 11 is 0. The van der Waals surface area contributed by atoms with Crippen LogP contribution in [0.1, 0.15) is 40.5 Å². The Morgan fingerprint density at radius 2 is 1.78 bits per heavy atom. The van der Waals surface area contributed by atoms with Crippen molar-refractivity contribution in [3.8, 4) is 0 Å². The van der Waals surface area contributed by atoms with Gasteiger partial charge in [-0.05, 0) is 40.7 Å². The predicted molar refractivity (Wildman–Crippen MR) is 73.3 cm³/mol. The van der Waals surface area contributed by atoms with E-state index in [1.807, 2.05) is 27.7 Å². The highest BCUT2D eigenvalue weighted by Gasteiger charge is 2.18. The van der Waals surface area contributed by atoms with Gasteiger partial charge in [-0.15, -0.1) is 0 Å². The highest BCUT2D eigenvalue weighted by molar-refractivity contribution is 5.81. The number of carbonyl (C=O) groups excluding carboxylic acids is 2. The molecule has 0 spiro atoms. The third-order valence-corrected chi connectivity index (χ3v) is 2.41. The van der Waals surface area contributed by atoms with Crippen molar-refractivity contribution < 1.29 is 9.59 Å². The van der Waals surface area contributed by atoms with Crippen molar-refractivity contribution in [2.24, 2.45) is 0 Å². The standard InChI is InChI=1S/C13H27N3O2/c1-10(12(18)15-13(2,3)4)14-9-7-8-11(17)16(5)6/h10,14H,7-9H2,1-6H3,(H,15,18). The maximum absolute atomic E-state index is 11.7. The number of amides is 2. The predicted octanol–water partition coefficient (Wildman–Crippen LogP) is 0.748. The fraction of sp³-hybridized carbons (Fsp3) is 0.846. The largest absolute Gasteiger partial charge is 0.350 e. The van der Waals surface area contributed by atoms with Crippen LogP contribution in [0.5, 0.6) is 0 Å². The van der Waals surface area contributed by atoms with E-state index >= 15 is 0 Å². The van der Waals surface area contributed by atoms with Crippen LogP contribution < -0.4 is 10.6 Å². The summed E-state index contributed by atoms with van der Waals surface area (Å²) in [7, 11) is 3.49. The first-order valence-electron chi connectivity index (χ1n) is 6.39. The van der Waals surface area contributed by atoms with Gasteiger partial charge in [-0.25, -0.2) is 0 Å². The Kier molecular flexibility index (Phi) is 6.91. The fourth-order valence-electron chi connectivity index (χ4n) is 1.35. The van der Waals surface area contributed by atoms with Crippen LogP contribution in [-0.4, -0.2) is 48.9 Å². The molecular formula is C13H27N3O2. The molecule has 0 rings (SSSR count). The van der Waals surface area contributed by atoms with Gasteiger partial charge in [-0.2, -0.15) is 0 Å². The average Bonchev–Trinajstić information content (AvgIpc) is 2.20. The quantitative estimate of drug-likeness (QED) is 0.690. The molecule has 1 unspecified atom stereocenters. The normalized spacial score (nSPS) is 13.0. The maximum atomic E-state index is 11.7. The summed E-state index contributed by atoms with van der Waals surface area (Å²) in [4.78, 5) is 24.7. The summed E-state index contributed by atoms with van der Waals surface area (Å²) in [6.45, 7) is 8.35. The van der Waals surface area contributed by atoms with Gasteiger partial charge < -0.3 is 15.5 Å². The molecule has 0 aromatic heterocycles. The van der Waals surface area contributed by atoms with Gasteiger partial charge in [0.25, 0.3) is 0 Å². The van der Waals surface area contributed by atoms with Crippen LogP contribution in [0.25, 0.3) is 0 Å². The van der Waals surface area contributed by atoms with Crippen molar-refractivity contribution in [3.63, 3.8) is 0 Å². The first-order valence-corrected chi connectivity index (χ1v) is 6.39. The molecule has 5 heteroatoms. The zero-order valence-corrected chi connectivity index (χ0v) is 12.5. The number of nitrogens with zero attached hydrogens (tertiary/aromatic N) is 1.